The number of rotatable bonds is 10. The molecule has 2 atom stereocenters. The van der Waals surface area contributed by atoms with E-state index in [-0.39, 0.29) is 9.79 Å². The molecule has 7 nitrogen and oxygen atoms in total. The summed E-state index contributed by atoms with van der Waals surface area (Å²) in [6.07, 6.45) is 3.17. The topological polar surface area (TPSA) is 93.9 Å². The van der Waals surface area contributed by atoms with E-state index in [4.69, 9.17) is 0 Å². The summed E-state index contributed by atoms with van der Waals surface area (Å²) in [4.78, 5) is 4.04. The molecule has 50 heavy (non-hydrogen) atoms. The SMILES string of the molecule is Cc1ccc(C(c2ccc(C(c3ccc(C)cc3)c3cccn3S(=O)(=O)c3ccc(C)cc3)[nH]2)c2cccn2S(=O)(=O)c2ccccc2)cc1. The van der Waals surface area contributed by atoms with Crippen LogP contribution in [0.15, 0.2) is 162 Å². The largest absolute Gasteiger partial charge is 0.361 e. The first-order chi connectivity index (χ1) is 24.0. The zero-order chi connectivity index (χ0) is 35.0. The van der Waals surface area contributed by atoms with Gasteiger partial charge in [0.25, 0.3) is 20.0 Å². The fourth-order valence-corrected chi connectivity index (χ4v) is 9.26. The Balaban J connectivity index is 1.39. The van der Waals surface area contributed by atoms with Crippen LogP contribution in [0.25, 0.3) is 0 Å². The molecule has 0 spiro atoms. The Morgan fingerprint density at radius 2 is 0.820 bits per heavy atom. The van der Waals surface area contributed by atoms with Crippen LogP contribution in [-0.4, -0.2) is 29.8 Å². The number of aromatic amines is 1. The van der Waals surface area contributed by atoms with Crippen LogP contribution in [-0.2, 0) is 20.0 Å². The molecule has 0 amide bonds. The Bertz CT molecular complexity index is 2480. The zero-order valence-electron chi connectivity index (χ0n) is 27.9. The summed E-state index contributed by atoms with van der Waals surface area (Å²) < 4.78 is 58.8. The molecule has 1 N–H and O–H groups in total. The van der Waals surface area contributed by atoms with E-state index >= 15 is 0 Å². The van der Waals surface area contributed by atoms with Crippen molar-refractivity contribution in [1.29, 1.82) is 0 Å². The summed E-state index contributed by atoms with van der Waals surface area (Å²) in [5, 5.41) is 0. The monoisotopic (exact) mass is 699 g/mol. The summed E-state index contributed by atoms with van der Waals surface area (Å²) in [7, 11) is -7.83. The maximum absolute atomic E-state index is 14.1. The van der Waals surface area contributed by atoms with Crippen molar-refractivity contribution in [3.8, 4) is 0 Å². The van der Waals surface area contributed by atoms with Crippen molar-refractivity contribution < 1.29 is 16.8 Å². The van der Waals surface area contributed by atoms with Gasteiger partial charge in [0.05, 0.1) is 21.6 Å². The molecule has 3 heterocycles. The maximum Gasteiger partial charge on any atom is 0.267 e. The number of hydrogen-bond donors (Lipinski definition) is 1. The van der Waals surface area contributed by atoms with E-state index in [0.29, 0.717) is 11.4 Å². The molecule has 7 rings (SSSR count). The van der Waals surface area contributed by atoms with E-state index in [1.54, 1.807) is 79.1 Å². The Kier molecular flexibility index (Phi) is 8.71. The fraction of sp³-hybridized carbons (Fsp3) is 0.122. The van der Waals surface area contributed by atoms with Gasteiger partial charge in [0, 0.05) is 35.2 Å². The minimum atomic E-state index is -3.92. The number of nitrogens with one attached hydrogen (secondary N) is 1. The second kappa shape index (κ2) is 13.2. The number of H-pyrrole nitrogens is 1. The fourth-order valence-electron chi connectivity index (χ4n) is 6.48. The number of benzene rings is 4. The van der Waals surface area contributed by atoms with Crippen LogP contribution in [0, 0.1) is 20.8 Å². The molecule has 7 aromatic rings. The van der Waals surface area contributed by atoms with Crippen molar-refractivity contribution in [2.45, 2.75) is 42.4 Å². The van der Waals surface area contributed by atoms with Gasteiger partial charge in [-0.15, -0.1) is 0 Å². The molecule has 0 saturated heterocycles. The smallest absolute Gasteiger partial charge is 0.267 e. The lowest BCUT2D eigenvalue weighted by Crippen LogP contribution is -2.19. The minimum absolute atomic E-state index is 0.197. The maximum atomic E-state index is 14.1. The summed E-state index contributed by atoms with van der Waals surface area (Å²) in [6.45, 7) is 5.95. The van der Waals surface area contributed by atoms with E-state index in [9.17, 15) is 16.8 Å². The van der Waals surface area contributed by atoms with Gasteiger partial charge in [0.2, 0.25) is 0 Å². The average molecular weight is 700 g/mol. The summed E-state index contributed by atoms with van der Waals surface area (Å²) >= 11 is 0. The summed E-state index contributed by atoms with van der Waals surface area (Å²) in [5.74, 6) is -0.974. The van der Waals surface area contributed by atoms with E-state index in [0.717, 1.165) is 39.2 Å². The van der Waals surface area contributed by atoms with Gasteiger partial charge in [-0.25, -0.2) is 24.8 Å². The molecule has 0 bridgehead atoms. The summed E-state index contributed by atoms with van der Waals surface area (Å²) in [5.41, 5.74) is 7.64. The van der Waals surface area contributed by atoms with Crippen LogP contribution < -0.4 is 0 Å². The second-order valence-corrected chi connectivity index (χ2v) is 16.3. The zero-order valence-corrected chi connectivity index (χ0v) is 29.6. The Hall–Kier alpha value is -5.38. The van der Waals surface area contributed by atoms with Gasteiger partial charge >= 0.3 is 0 Å². The molecule has 0 aliphatic carbocycles. The normalized spacial score (nSPS) is 13.3. The van der Waals surface area contributed by atoms with Gasteiger partial charge in [0.1, 0.15) is 0 Å². The number of nitrogens with zero attached hydrogens (tertiary/aromatic N) is 2. The first-order valence-electron chi connectivity index (χ1n) is 16.3. The van der Waals surface area contributed by atoms with E-state index in [2.05, 4.69) is 4.98 Å². The standard InChI is InChI=1S/C41H37N3O4S2/c1-29-13-19-32(20-14-29)40(38-11-7-27-43(38)49(45,46)34-9-5-4-6-10-34)36-25-26-37(42-36)41(33-21-15-30(2)16-22-33)39-12-8-28-44(39)50(47,48)35-23-17-31(3)18-24-35/h4-28,40-42H,1-3H3. The third kappa shape index (κ3) is 6.14. The first-order valence-corrected chi connectivity index (χ1v) is 19.2. The molecule has 9 heteroatoms. The lowest BCUT2D eigenvalue weighted by Gasteiger charge is -2.22. The summed E-state index contributed by atoms with van der Waals surface area (Å²) in [6, 6.07) is 42.5. The molecular weight excluding hydrogens is 663 g/mol. The third-order valence-electron chi connectivity index (χ3n) is 9.13. The molecule has 0 fully saturated rings. The van der Waals surface area contributed by atoms with Crippen molar-refractivity contribution in [2.24, 2.45) is 0 Å². The molecule has 0 aliphatic rings. The Labute approximate surface area is 293 Å². The van der Waals surface area contributed by atoms with Gasteiger partial charge in [0.15, 0.2) is 0 Å². The molecule has 0 aliphatic heterocycles. The van der Waals surface area contributed by atoms with Gasteiger partial charge in [-0.2, -0.15) is 0 Å². The van der Waals surface area contributed by atoms with Crippen LogP contribution in [0.2, 0.25) is 0 Å². The average Bonchev–Trinajstić information content (AvgIpc) is 3.91. The van der Waals surface area contributed by atoms with Gasteiger partial charge in [-0.1, -0.05) is 95.6 Å². The Morgan fingerprint density at radius 3 is 1.24 bits per heavy atom. The van der Waals surface area contributed by atoms with Gasteiger partial charge in [-0.3, -0.25) is 0 Å². The van der Waals surface area contributed by atoms with Gasteiger partial charge in [-0.05, 0) is 92.6 Å². The lowest BCUT2D eigenvalue weighted by atomic mass is 9.92. The number of aryl methyl sites for hydroxylation is 3. The van der Waals surface area contributed by atoms with E-state index < -0.39 is 31.9 Å². The molecule has 0 saturated carbocycles. The minimum Gasteiger partial charge on any atom is -0.361 e. The van der Waals surface area contributed by atoms with Crippen LogP contribution in [0.4, 0.5) is 0 Å². The van der Waals surface area contributed by atoms with Crippen LogP contribution in [0.1, 0.15) is 62.4 Å². The molecule has 2 unspecified atom stereocenters. The molecule has 3 aromatic heterocycles. The highest BCUT2D eigenvalue weighted by Crippen LogP contribution is 2.38. The quantitative estimate of drug-likeness (QED) is 0.155. The first kappa shape index (κ1) is 33.1. The van der Waals surface area contributed by atoms with Crippen molar-refractivity contribution in [2.75, 3.05) is 0 Å². The molecule has 4 aromatic carbocycles. The second-order valence-electron chi connectivity index (χ2n) is 12.7. The Morgan fingerprint density at radius 1 is 0.440 bits per heavy atom. The van der Waals surface area contributed by atoms with Crippen molar-refractivity contribution >= 4 is 20.0 Å². The lowest BCUT2D eigenvalue weighted by molar-refractivity contribution is 0.583. The number of aromatic nitrogens is 3. The molecule has 252 valence electrons. The molecule has 0 radical (unpaired) electrons. The van der Waals surface area contributed by atoms with Crippen molar-refractivity contribution in [3.63, 3.8) is 0 Å². The van der Waals surface area contributed by atoms with Crippen molar-refractivity contribution in [3.05, 3.63) is 203 Å². The highest BCUT2D eigenvalue weighted by molar-refractivity contribution is 7.90. The van der Waals surface area contributed by atoms with E-state index in [1.807, 2.05) is 93.6 Å². The van der Waals surface area contributed by atoms with Crippen LogP contribution in [0.5, 0.6) is 0 Å². The third-order valence-corrected chi connectivity index (χ3v) is 12.6. The van der Waals surface area contributed by atoms with Crippen LogP contribution >= 0.6 is 0 Å². The van der Waals surface area contributed by atoms with Crippen molar-refractivity contribution in [1.82, 2.24) is 12.9 Å². The predicted octanol–water partition coefficient (Wildman–Crippen LogP) is 8.38. The predicted molar refractivity (Wildman–Crippen MR) is 197 cm³/mol. The van der Waals surface area contributed by atoms with Crippen LogP contribution in [0.3, 0.4) is 0 Å². The van der Waals surface area contributed by atoms with Gasteiger partial charge < -0.3 is 4.98 Å². The van der Waals surface area contributed by atoms with E-state index in [1.165, 1.54) is 7.94 Å². The number of hydrogen-bond acceptors (Lipinski definition) is 4. The highest BCUT2D eigenvalue weighted by Gasteiger charge is 2.31. The molecular formula is C41H37N3O4S2. The highest BCUT2D eigenvalue weighted by atomic mass is 32.2.